The van der Waals surface area contributed by atoms with Gasteiger partial charge < -0.3 is 10.2 Å². The lowest BCUT2D eigenvalue weighted by molar-refractivity contribution is 0.0697. The number of carboxylic acid groups (broad SMARTS) is 1. The van der Waals surface area contributed by atoms with E-state index in [9.17, 15) is 32.8 Å². The van der Waals surface area contributed by atoms with Crippen LogP contribution in [0.2, 0.25) is 0 Å². The highest BCUT2D eigenvalue weighted by Gasteiger charge is 2.23. The predicted octanol–water partition coefficient (Wildman–Crippen LogP) is 6.03. The molecule has 0 saturated heterocycles. The number of carbonyl (C=O) groups is 1. The smallest absolute Gasteiger partial charge is 0.335 e. The summed E-state index contributed by atoms with van der Waals surface area (Å²) in [6.45, 7) is 2.89. The zero-order valence-electron chi connectivity index (χ0n) is 22.5. The largest absolute Gasteiger partial charge is 0.493 e. The molecule has 1 atom stereocenters. The summed E-state index contributed by atoms with van der Waals surface area (Å²) in [6, 6.07) is 12.0. The van der Waals surface area contributed by atoms with Gasteiger partial charge in [0.25, 0.3) is 15.6 Å². The van der Waals surface area contributed by atoms with Crippen molar-refractivity contribution in [3.63, 3.8) is 0 Å². The lowest BCUT2D eigenvalue weighted by Crippen LogP contribution is -2.25. The highest BCUT2D eigenvalue weighted by atomic mass is 32.2. The van der Waals surface area contributed by atoms with E-state index in [0.29, 0.717) is 0 Å². The Morgan fingerprint density at radius 3 is 2.32 bits per heavy atom. The van der Waals surface area contributed by atoms with Crippen molar-refractivity contribution in [2.24, 2.45) is 16.1 Å². The van der Waals surface area contributed by atoms with Crippen LogP contribution in [0, 0.1) is 17.2 Å². The number of pyridine rings is 1. The van der Waals surface area contributed by atoms with Crippen molar-refractivity contribution in [3.05, 3.63) is 75.6 Å². The van der Waals surface area contributed by atoms with Gasteiger partial charge in [-0.1, -0.05) is 33.1 Å². The number of aromatic hydroxyl groups is 1. The van der Waals surface area contributed by atoms with Crippen LogP contribution in [-0.4, -0.2) is 29.2 Å². The number of hydrogen-bond donors (Lipinski definition) is 3. The molecule has 0 bridgehead atoms. The number of nitrogens with zero attached hydrogens (tertiary/aromatic N) is 4. The van der Waals surface area contributed by atoms with Crippen LogP contribution in [0.4, 0.5) is 21.5 Å². The van der Waals surface area contributed by atoms with Crippen LogP contribution in [0.1, 0.15) is 61.0 Å². The molecule has 2 aromatic carbocycles. The van der Waals surface area contributed by atoms with E-state index >= 15 is 0 Å². The normalized spacial score (nSPS) is 12.2. The Morgan fingerprint density at radius 1 is 1.12 bits per heavy atom. The van der Waals surface area contributed by atoms with Crippen LogP contribution in [-0.2, 0) is 23.2 Å². The third kappa shape index (κ3) is 7.34. The topological polar surface area (TPSA) is 174 Å². The van der Waals surface area contributed by atoms with Crippen molar-refractivity contribution in [1.29, 1.82) is 5.26 Å². The third-order valence-electron chi connectivity index (χ3n) is 6.54. The van der Waals surface area contributed by atoms with Gasteiger partial charge in [-0.25, -0.2) is 17.6 Å². The van der Waals surface area contributed by atoms with E-state index < -0.39 is 45.4 Å². The minimum absolute atomic E-state index is 0.00234. The molecule has 13 heteroatoms. The van der Waals surface area contributed by atoms with Crippen molar-refractivity contribution in [2.45, 2.75) is 57.6 Å². The first kappa shape index (κ1) is 31.0. The minimum Gasteiger partial charge on any atom is -0.493 e. The number of halogens is 1. The fourth-order valence-corrected chi connectivity index (χ4v) is 5.19. The number of benzene rings is 2. The van der Waals surface area contributed by atoms with Crippen molar-refractivity contribution < 1.29 is 27.8 Å². The van der Waals surface area contributed by atoms with Crippen molar-refractivity contribution in [2.75, 3.05) is 4.72 Å². The van der Waals surface area contributed by atoms with Crippen LogP contribution in [0.5, 0.6) is 5.88 Å². The molecule has 41 heavy (non-hydrogen) atoms. The molecule has 0 spiro atoms. The van der Waals surface area contributed by atoms with Gasteiger partial charge >= 0.3 is 5.97 Å². The summed E-state index contributed by atoms with van der Waals surface area (Å²) in [5.41, 5.74) is -1.67. The van der Waals surface area contributed by atoms with Gasteiger partial charge in [-0.15, -0.1) is 5.11 Å². The van der Waals surface area contributed by atoms with Crippen molar-refractivity contribution in [1.82, 2.24) is 4.57 Å². The zero-order valence-corrected chi connectivity index (χ0v) is 23.4. The summed E-state index contributed by atoms with van der Waals surface area (Å²) in [4.78, 5) is 24.1. The van der Waals surface area contributed by atoms with Gasteiger partial charge in [0, 0.05) is 17.8 Å². The van der Waals surface area contributed by atoms with Crippen LogP contribution in [0.3, 0.4) is 0 Å². The highest BCUT2D eigenvalue weighted by molar-refractivity contribution is 7.92. The SMILES string of the molecule is CCCCC(CC)Cn1c(O)c(C#N)c(CF)c(N=Nc2ccc(S(=O)(=O)Nc3ccc(C(=O)O)cc3)cc2)c1=O. The van der Waals surface area contributed by atoms with Gasteiger partial charge in [-0.05, 0) is 60.9 Å². The molecule has 3 N–H and O–H groups in total. The Labute approximate surface area is 236 Å². The molecule has 1 aromatic heterocycles. The van der Waals surface area contributed by atoms with Crippen LogP contribution in [0.15, 0.2) is 68.4 Å². The fraction of sp³-hybridized carbons (Fsp3) is 0.321. The Balaban J connectivity index is 1.91. The molecular weight excluding hydrogens is 553 g/mol. The van der Waals surface area contributed by atoms with Gasteiger partial charge in [0.05, 0.1) is 16.1 Å². The Bertz CT molecular complexity index is 1630. The number of carboxylic acids is 1. The molecule has 0 fully saturated rings. The monoisotopic (exact) mass is 583 g/mol. The zero-order chi connectivity index (χ0) is 30.2. The first-order valence-electron chi connectivity index (χ1n) is 12.9. The maximum absolute atomic E-state index is 14.0. The molecule has 11 nitrogen and oxygen atoms in total. The number of sulfonamides is 1. The number of aromatic nitrogens is 1. The molecule has 3 aromatic rings. The third-order valence-corrected chi connectivity index (χ3v) is 7.94. The maximum Gasteiger partial charge on any atom is 0.335 e. The molecule has 0 amide bonds. The van der Waals surface area contributed by atoms with E-state index in [0.717, 1.165) is 30.3 Å². The fourth-order valence-electron chi connectivity index (χ4n) is 4.13. The second kappa shape index (κ2) is 13.7. The van der Waals surface area contributed by atoms with Crippen LogP contribution in [0.25, 0.3) is 0 Å². The first-order chi connectivity index (χ1) is 19.6. The second-order valence-electron chi connectivity index (χ2n) is 9.29. The van der Waals surface area contributed by atoms with Gasteiger partial charge in [0.15, 0.2) is 5.69 Å². The molecule has 0 saturated carbocycles. The van der Waals surface area contributed by atoms with Gasteiger partial charge in [0.2, 0.25) is 5.88 Å². The molecule has 1 heterocycles. The van der Waals surface area contributed by atoms with Crippen molar-refractivity contribution >= 4 is 33.1 Å². The molecule has 1 unspecified atom stereocenters. The Hall–Kier alpha value is -4.57. The second-order valence-corrected chi connectivity index (χ2v) is 11.0. The number of alkyl halides is 1. The highest BCUT2D eigenvalue weighted by Crippen LogP contribution is 2.30. The standard InChI is InChI=1S/C28H30FN5O6S/c1-3-5-6-18(4-2)17-34-26(35)24(16-30)23(15-29)25(27(34)36)32-31-20-11-13-22(14-12-20)41(39,40)33-21-9-7-19(8-10-21)28(37)38/h7-14,18,33,35H,3-6,15,17H2,1-2H3,(H,37,38). The van der Waals surface area contributed by atoms with Gasteiger partial charge in [-0.2, -0.15) is 10.4 Å². The molecule has 0 aliphatic rings. The van der Waals surface area contributed by atoms with E-state index in [1.807, 2.05) is 13.8 Å². The van der Waals surface area contributed by atoms with Crippen LogP contribution < -0.4 is 10.3 Å². The lowest BCUT2D eigenvalue weighted by atomic mass is 9.99. The number of unbranched alkanes of at least 4 members (excludes halogenated alkanes) is 1. The number of rotatable bonds is 13. The number of aromatic carboxylic acids is 1. The Morgan fingerprint density at radius 2 is 1.78 bits per heavy atom. The Kier molecular flexibility index (Phi) is 10.3. The van der Waals surface area contributed by atoms with Gasteiger partial charge in [-0.3, -0.25) is 14.1 Å². The molecule has 216 valence electrons. The molecule has 3 rings (SSSR count). The average Bonchev–Trinajstić information content (AvgIpc) is 2.96. The number of nitrogens with one attached hydrogen (secondary N) is 1. The molecule has 0 aliphatic heterocycles. The van der Waals surface area contributed by atoms with E-state index in [4.69, 9.17) is 5.11 Å². The van der Waals surface area contributed by atoms with Crippen molar-refractivity contribution in [3.8, 4) is 11.9 Å². The van der Waals surface area contributed by atoms with Gasteiger partial charge in [0.1, 0.15) is 18.3 Å². The molecule has 0 radical (unpaired) electrons. The number of nitriles is 1. The summed E-state index contributed by atoms with van der Waals surface area (Å²) in [5.74, 6) is -1.71. The van der Waals surface area contributed by atoms with E-state index in [1.54, 1.807) is 6.07 Å². The molecular formula is C28H30FN5O6S. The average molecular weight is 584 g/mol. The summed E-state index contributed by atoms with van der Waals surface area (Å²) in [6.07, 6.45) is 3.41. The minimum atomic E-state index is -4.02. The number of azo groups is 1. The van der Waals surface area contributed by atoms with E-state index in [2.05, 4.69) is 15.0 Å². The van der Waals surface area contributed by atoms with E-state index in [-0.39, 0.29) is 39.9 Å². The predicted molar refractivity (Wildman–Crippen MR) is 150 cm³/mol. The maximum atomic E-state index is 14.0. The number of anilines is 1. The quantitative estimate of drug-likeness (QED) is 0.206. The summed E-state index contributed by atoms with van der Waals surface area (Å²) in [5, 5.41) is 37.1. The summed E-state index contributed by atoms with van der Waals surface area (Å²) >= 11 is 0. The molecule has 0 aliphatic carbocycles. The summed E-state index contributed by atoms with van der Waals surface area (Å²) in [7, 11) is -4.02. The first-order valence-corrected chi connectivity index (χ1v) is 14.4. The number of hydrogen-bond acceptors (Lipinski definition) is 8. The summed E-state index contributed by atoms with van der Waals surface area (Å²) < 4.78 is 42.8. The van der Waals surface area contributed by atoms with Crippen LogP contribution >= 0.6 is 0 Å². The van der Waals surface area contributed by atoms with E-state index in [1.165, 1.54) is 48.5 Å². The lowest BCUT2D eigenvalue weighted by Gasteiger charge is -2.19.